The number of likely N-dealkylation sites (tertiary alicyclic amines) is 1. The summed E-state index contributed by atoms with van der Waals surface area (Å²) in [5, 5.41) is 2.96. The van der Waals surface area contributed by atoms with Crippen molar-refractivity contribution in [2.45, 2.75) is 33.6 Å². The van der Waals surface area contributed by atoms with E-state index in [2.05, 4.69) is 12.2 Å². The van der Waals surface area contributed by atoms with Crippen LogP contribution in [0, 0.1) is 19.8 Å². The van der Waals surface area contributed by atoms with E-state index in [-0.39, 0.29) is 24.9 Å². The molecule has 0 unspecified atom stereocenters. The molecule has 1 saturated heterocycles. The lowest BCUT2D eigenvalue weighted by atomic mass is 10.0. The highest BCUT2D eigenvalue weighted by Gasteiger charge is 2.22. The molecule has 1 aliphatic heterocycles. The van der Waals surface area contributed by atoms with Crippen molar-refractivity contribution in [2.75, 3.05) is 38.5 Å². The number of likely N-dealkylation sites (N-methyl/N-ethyl adjacent to an activating group) is 1. The van der Waals surface area contributed by atoms with Gasteiger partial charge in [-0.25, -0.2) is 0 Å². The molecular formula is C19H29N3O2. The maximum Gasteiger partial charge on any atom is 0.238 e. The van der Waals surface area contributed by atoms with Crippen molar-refractivity contribution in [1.82, 2.24) is 9.80 Å². The lowest BCUT2D eigenvalue weighted by Gasteiger charge is -2.32. The van der Waals surface area contributed by atoms with Gasteiger partial charge in [-0.1, -0.05) is 25.1 Å². The third-order valence-electron chi connectivity index (χ3n) is 4.57. The van der Waals surface area contributed by atoms with Gasteiger partial charge in [0.25, 0.3) is 0 Å². The van der Waals surface area contributed by atoms with Gasteiger partial charge in [-0.05, 0) is 50.8 Å². The van der Waals surface area contributed by atoms with Crippen molar-refractivity contribution in [3.8, 4) is 0 Å². The van der Waals surface area contributed by atoms with Gasteiger partial charge >= 0.3 is 0 Å². The van der Waals surface area contributed by atoms with Crippen LogP contribution in [0.25, 0.3) is 0 Å². The molecule has 1 fully saturated rings. The molecule has 1 aliphatic rings. The van der Waals surface area contributed by atoms with Gasteiger partial charge in [0, 0.05) is 18.8 Å². The summed E-state index contributed by atoms with van der Waals surface area (Å²) in [5.41, 5.74) is 2.96. The number of piperidine rings is 1. The topological polar surface area (TPSA) is 52.7 Å². The van der Waals surface area contributed by atoms with E-state index in [0.717, 1.165) is 36.3 Å². The van der Waals surface area contributed by atoms with Gasteiger partial charge in [0.2, 0.25) is 11.8 Å². The summed E-state index contributed by atoms with van der Waals surface area (Å²) in [7, 11) is 1.82. The van der Waals surface area contributed by atoms with Crippen LogP contribution in [0.5, 0.6) is 0 Å². The highest BCUT2D eigenvalue weighted by molar-refractivity contribution is 5.94. The smallest absolute Gasteiger partial charge is 0.238 e. The Morgan fingerprint density at radius 1 is 1.25 bits per heavy atom. The Labute approximate surface area is 145 Å². The van der Waals surface area contributed by atoms with Gasteiger partial charge in [0.15, 0.2) is 0 Å². The molecule has 2 rings (SSSR count). The molecule has 0 aromatic heterocycles. The Bertz CT molecular complexity index is 580. The SMILES string of the molecule is Cc1cccc(C)c1NC(=O)CN(C)CC(=O)N1CCC[C@H](C)C1. The average Bonchev–Trinajstić information content (AvgIpc) is 2.51. The van der Waals surface area contributed by atoms with Crippen molar-refractivity contribution >= 4 is 17.5 Å². The molecule has 0 aliphatic carbocycles. The predicted molar refractivity (Wildman–Crippen MR) is 97.0 cm³/mol. The molecule has 1 aromatic carbocycles. The summed E-state index contributed by atoms with van der Waals surface area (Å²) in [4.78, 5) is 28.3. The van der Waals surface area contributed by atoms with E-state index in [1.807, 2.05) is 44.0 Å². The van der Waals surface area contributed by atoms with Gasteiger partial charge in [-0.2, -0.15) is 0 Å². The number of para-hydroxylation sites is 1. The molecule has 0 saturated carbocycles. The molecule has 1 heterocycles. The van der Waals surface area contributed by atoms with Gasteiger partial charge in [-0.15, -0.1) is 0 Å². The summed E-state index contributed by atoms with van der Waals surface area (Å²) in [5.74, 6) is 0.596. The zero-order chi connectivity index (χ0) is 17.7. The Morgan fingerprint density at radius 3 is 2.54 bits per heavy atom. The highest BCUT2D eigenvalue weighted by Crippen LogP contribution is 2.19. The number of rotatable bonds is 5. The van der Waals surface area contributed by atoms with Crippen molar-refractivity contribution in [3.05, 3.63) is 29.3 Å². The molecule has 1 atom stereocenters. The molecule has 1 N–H and O–H groups in total. The maximum absolute atomic E-state index is 12.4. The van der Waals surface area contributed by atoms with Crippen LogP contribution in [0.3, 0.4) is 0 Å². The van der Waals surface area contributed by atoms with E-state index in [0.29, 0.717) is 5.92 Å². The molecule has 5 heteroatoms. The number of hydrogen-bond donors (Lipinski definition) is 1. The zero-order valence-corrected chi connectivity index (χ0v) is 15.3. The molecular weight excluding hydrogens is 302 g/mol. The Hall–Kier alpha value is -1.88. The third kappa shape index (κ3) is 5.06. The molecule has 24 heavy (non-hydrogen) atoms. The number of benzene rings is 1. The van der Waals surface area contributed by atoms with E-state index in [4.69, 9.17) is 0 Å². The first kappa shape index (κ1) is 18.5. The molecule has 0 bridgehead atoms. The van der Waals surface area contributed by atoms with E-state index in [1.165, 1.54) is 6.42 Å². The standard InChI is InChI=1S/C19H29N3O2/c1-14-7-6-10-22(11-14)18(24)13-21(4)12-17(23)20-19-15(2)8-5-9-16(19)3/h5,8-9,14H,6-7,10-13H2,1-4H3,(H,20,23)/t14-/m0/s1. The molecule has 132 valence electrons. The second kappa shape index (κ2) is 8.29. The Morgan fingerprint density at radius 2 is 1.92 bits per heavy atom. The van der Waals surface area contributed by atoms with Gasteiger partial charge < -0.3 is 10.2 Å². The van der Waals surface area contributed by atoms with Crippen molar-refractivity contribution in [3.63, 3.8) is 0 Å². The summed E-state index contributed by atoms with van der Waals surface area (Å²) < 4.78 is 0. The van der Waals surface area contributed by atoms with Crippen molar-refractivity contribution in [1.29, 1.82) is 0 Å². The summed E-state index contributed by atoms with van der Waals surface area (Å²) in [6.07, 6.45) is 2.27. The quantitative estimate of drug-likeness (QED) is 0.901. The fraction of sp³-hybridized carbons (Fsp3) is 0.579. The summed E-state index contributed by atoms with van der Waals surface area (Å²) in [6, 6.07) is 5.94. The fourth-order valence-electron chi connectivity index (χ4n) is 3.24. The maximum atomic E-state index is 12.4. The number of amides is 2. The predicted octanol–water partition coefficient (Wildman–Crippen LogP) is 2.43. The normalized spacial score (nSPS) is 17.9. The van der Waals surface area contributed by atoms with Crippen LogP contribution in [0.1, 0.15) is 30.9 Å². The number of nitrogens with one attached hydrogen (secondary N) is 1. The minimum absolute atomic E-state index is 0.0882. The second-order valence-electron chi connectivity index (χ2n) is 7.07. The third-order valence-corrected chi connectivity index (χ3v) is 4.57. The largest absolute Gasteiger partial charge is 0.341 e. The van der Waals surface area contributed by atoms with Crippen LogP contribution < -0.4 is 5.32 Å². The lowest BCUT2D eigenvalue weighted by Crippen LogP contribution is -2.45. The van der Waals surface area contributed by atoms with Crippen LogP contribution in [0.4, 0.5) is 5.69 Å². The number of anilines is 1. The molecule has 1 aromatic rings. The van der Waals surface area contributed by atoms with E-state index in [1.54, 1.807) is 4.90 Å². The van der Waals surface area contributed by atoms with E-state index < -0.39 is 0 Å². The van der Waals surface area contributed by atoms with E-state index in [9.17, 15) is 9.59 Å². The number of nitrogens with zero attached hydrogens (tertiary/aromatic N) is 2. The Balaban J connectivity index is 1.84. The first-order chi connectivity index (χ1) is 11.4. The average molecular weight is 331 g/mol. The first-order valence-electron chi connectivity index (χ1n) is 8.69. The Kier molecular flexibility index (Phi) is 6.37. The molecule has 5 nitrogen and oxygen atoms in total. The molecule has 0 spiro atoms. The number of carbonyl (C=O) groups excluding carboxylic acids is 2. The number of hydrogen-bond acceptors (Lipinski definition) is 3. The number of aryl methyl sites for hydroxylation is 2. The number of carbonyl (C=O) groups is 2. The lowest BCUT2D eigenvalue weighted by molar-refractivity contribution is -0.134. The van der Waals surface area contributed by atoms with E-state index >= 15 is 0 Å². The summed E-state index contributed by atoms with van der Waals surface area (Å²) in [6.45, 7) is 8.31. The van der Waals surface area contributed by atoms with Crippen LogP contribution in [-0.4, -0.2) is 54.8 Å². The van der Waals surface area contributed by atoms with Crippen LogP contribution >= 0.6 is 0 Å². The monoisotopic (exact) mass is 331 g/mol. The van der Waals surface area contributed by atoms with Crippen LogP contribution in [0.2, 0.25) is 0 Å². The minimum atomic E-state index is -0.0882. The zero-order valence-electron chi connectivity index (χ0n) is 15.3. The minimum Gasteiger partial charge on any atom is -0.341 e. The van der Waals surface area contributed by atoms with Crippen molar-refractivity contribution in [2.24, 2.45) is 5.92 Å². The highest BCUT2D eigenvalue weighted by atomic mass is 16.2. The van der Waals surface area contributed by atoms with Crippen molar-refractivity contribution < 1.29 is 9.59 Å². The molecule has 2 amide bonds. The van der Waals surface area contributed by atoms with Crippen LogP contribution in [-0.2, 0) is 9.59 Å². The van der Waals surface area contributed by atoms with Gasteiger partial charge in [0.1, 0.15) is 0 Å². The molecule has 0 radical (unpaired) electrons. The first-order valence-corrected chi connectivity index (χ1v) is 8.69. The fourth-order valence-corrected chi connectivity index (χ4v) is 3.24. The van der Waals surface area contributed by atoms with Gasteiger partial charge in [-0.3, -0.25) is 14.5 Å². The second-order valence-corrected chi connectivity index (χ2v) is 7.07. The summed E-state index contributed by atoms with van der Waals surface area (Å²) >= 11 is 0. The van der Waals surface area contributed by atoms with Crippen LogP contribution in [0.15, 0.2) is 18.2 Å². The van der Waals surface area contributed by atoms with Gasteiger partial charge in [0.05, 0.1) is 13.1 Å².